The molecule has 2 aromatic carbocycles. The Hall–Kier alpha value is -3.47. The van der Waals surface area contributed by atoms with E-state index in [9.17, 15) is 0 Å². The molecule has 0 aliphatic rings. The molecule has 0 radical (unpaired) electrons. The van der Waals surface area contributed by atoms with Gasteiger partial charge in [0.25, 0.3) is 0 Å². The van der Waals surface area contributed by atoms with Gasteiger partial charge in [0, 0.05) is 34.5 Å². The van der Waals surface area contributed by atoms with Crippen LogP contribution in [0.15, 0.2) is 61.1 Å². The average Bonchev–Trinajstić information content (AvgIpc) is 2.73. The van der Waals surface area contributed by atoms with E-state index in [-0.39, 0.29) is 0 Å². The Morgan fingerprint density at radius 3 is 2.19 bits per heavy atom. The first-order chi connectivity index (χ1) is 13.2. The van der Waals surface area contributed by atoms with Crippen LogP contribution in [0.25, 0.3) is 33.2 Å². The molecule has 2 heterocycles. The molecule has 4 rings (SSSR count). The van der Waals surface area contributed by atoms with Crippen molar-refractivity contribution in [2.24, 2.45) is 0 Å². The fourth-order valence-corrected chi connectivity index (χ4v) is 3.12. The summed E-state index contributed by atoms with van der Waals surface area (Å²) in [4.78, 5) is 13.2. The fourth-order valence-electron chi connectivity index (χ4n) is 3.12. The average molecular weight is 357 g/mol. The number of nitrogens with zero attached hydrogens (tertiary/aromatic N) is 3. The number of methoxy groups -OCH3 is 2. The van der Waals surface area contributed by atoms with E-state index < -0.39 is 0 Å². The zero-order valence-electron chi connectivity index (χ0n) is 15.4. The van der Waals surface area contributed by atoms with Gasteiger partial charge >= 0.3 is 0 Å². The molecule has 0 N–H and O–H groups in total. The summed E-state index contributed by atoms with van der Waals surface area (Å²) in [7, 11) is 3.28. The van der Waals surface area contributed by atoms with Crippen LogP contribution in [0.4, 0.5) is 0 Å². The minimum atomic E-state index is 0.592. The summed E-state index contributed by atoms with van der Waals surface area (Å²) < 4.78 is 10.4. The van der Waals surface area contributed by atoms with Crippen molar-refractivity contribution in [2.75, 3.05) is 14.2 Å². The molecule has 0 atom stereocenters. The maximum Gasteiger partial charge on any atom is 0.212 e. The summed E-state index contributed by atoms with van der Waals surface area (Å²) >= 11 is 0. The molecule has 0 aliphatic carbocycles. The van der Waals surface area contributed by atoms with Crippen molar-refractivity contribution in [3.8, 4) is 33.9 Å². The molecule has 0 saturated carbocycles. The molecule has 0 aliphatic heterocycles. The number of fused-ring (bicyclic) bond motifs is 1. The Bertz CT molecular complexity index is 1090. The third-order valence-corrected chi connectivity index (χ3v) is 4.62. The van der Waals surface area contributed by atoms with E-state index >= 15 is 0 Å². The first-order valence-electron chi connectivity index (χ1n) is 8.60. The number of rotatable bonds is 4. The van der Waals surface area contributed by atoms with E-state index in [2.05, 4.69) is 27.1 Å². The Kier molecular flexibility index (Phi) is 4.42. The number of benzene rings is 2. The molecule has 5 heteroatoms. The van der Waals surface area contributed by atoms with Gasteiger partial charge < -0.3 is 9.47 Å². The smallest absolute Gasteiger partial charge is 0.212 e. The molecule has 5 nitrogen and oxygen atoms in total. The van der Waals surface area contributed by atoms with Crippen molar-refractivity contribution in [2.45, 2.75) is 6.92 Å². The highest BCUT2D eigenvalue weighted by Crippen LogP contribution is 2.34. The van der Waals surface area contributed by atoms with Gasteiger partial charge in [-0.1, -0.05) is 12.1 Å². The van der Waals surface area contributed by atoms with Crippen LogP contribution >= 0.6 is 0 Å². The quantitative estimate of drug-likeness (QED) is 0.530. The largest absolute Gasteiger partial charge is 0.497 e. The Morgan fingerprint density at radius 1 is 0.741 bits per heavy atom. The van der Waals surface area contributed by atoms with E-state index in [1.807, 2.05) is 49.5 Å². The molecule has 27 heavy (non-hydrogen) atoms. The lowest BCUT2D eigenvalue weighted by Gasteiger charge is -2.12. The molecule has 4 aromatic rings. The Labute approximate surface area is 157 Å². The van der Waals surface area contributed by atoms with Crippen LogP contribution in [0.2, 0.25) is 0 Å². The van der Waals surface area contributed by atoms with Crippen molar-refractivity contribution in [3.05, 3.63) is 66.7 Å². The van der Waals surface area contributed by atoms with Gasteiger partial charge in [-0.05, 0) is 48.4 Å². The number of hydrogen-bond donors (Lipinski definition) is 0. The van der Waals surface area contributed by atoms with E-state index in [1.165, 1.54) is 0 Å². The van der Waals surface area contributed by atoms with Gasteiger partial charge in [0.2, 0.25) is 5.88 Å². The minimum absolute atomic E-state index is 0.592. The SMILES string of the molecule is COc1ccc(-c2cc(-c3ccc(OC)nc3)cc3c(C)ncnc23)cc1. The predicted octanol–water partition coefficient (Wildman–Crippen LogP) is 4.68. The lowest BCUT2D eigenvalue weighted by atomic mass is 9.95. The van der Waals surface area contributed by atoms with E-state index in [1.54, 1.807) is 20.5 Å². The Morgan fingerprint density at radius 2 is 1.52 bits per heavy atom. The van der Waals surface area contributed by atoms with Crippen molar-refractivity contribution < 1.29 is 9.47 Å². The standard InChI is InChI=1S/C22H19N3O2/c1-14-19-10-17(16-6-9-21(27-3)23-12-16)11-20(22(19)25-13-24-14)15-4-7-18(26-2)8-5-15/h4-13H,1-3H3. The second-order valence-corrected chi connectivity index (χ2v) is 6.20. The minimum Gasteiger partial charge on any atom is -0.497 e. The maximum atomic E-state index is 5.28. The van der Waals surface area contributed by atoms with E-state index in [0.29, 0.717) is 5.88 Å². The van der Waals surface area contributed by atoms with Gasteiger partial charge in [0.05, 0.1) is 19.7 Å². The summed E-state index contributed by atoms with van der Waals surface area (Å²) in [6, 6.07) is 16.1. The number of hydrogen-bond acceptors (Lipinski definition) is 5. The Balaban J connectivity index is 1.94. The third kappa shape index (κ3) is 3.19. The van der Waals surface area contributed by atoms with Crippen LogP contribution in [-0.4, -0.2) is 29.2 Å². The highest BCUT2D eigenvalue weighted by molar-refractivity contribution is 5.98. The van der Waals surface area contributed by atoms with E-state index in [4.69, 9.17) is 9.47 Å². The topological polar surface area (TPSA) is 57.1 Å². The monoisotopic (exact) mass is 357 g/mol. The van der Waals surface area contributed by atoms with Crippen LogP contribution in [0.3, 0.4) is 0 Å². The molecule has 0 fully saturated rings. The summed E-state index contributed by atoms with van der Waals surface area (Å²) in [6.07, 6.45) is 3.43. The van der Waals surface area contributed by atoms with E-state index in [0.717, 1.165) is 44.6 Å². The molecule has 2 aromatic heterocycles. The normalized spacial score (nSPS) is 10.8. The molecular formula is C22H19N3O2. The fraction of sp³-hybridized carbons (Fsp3) is 0.136. The predicted molar refractivity (Wildman–Crippen MR) is 106 cm³/mol. The first kappa shape index (κ1) is 17.0. The van der Waals surface area contributed by atoms with Crippen molar-refractivity contribution in [3.63, 3.8) is 0 Å². The highest BCUT2D eigenvalue weighted by Gasteiger charge is 2.12. The van der Waals surface area contributed by atoms with Crippen LogP contribution in [0.5, 0.6) is 11.6 Å². The molecule has 0 amide bonds. The zero-order valence-corrected chi connectivity index (χ0v) is 15.4. The van der Waals surface area contributed by atoms with Crippen molar-refractivity contribution >= 4 is 10.9 Å². The van der Waals surface area contributed by atoms with Crippen LogP contribution < -0.4 is 9.47 Å². The number of pyridine rings is 1. The van der Waals surface area contributed by atoms with Gasteiger partial charge in [-0.3, -0.25) is 0 Å². The van der Waals surface area contributed by atoms with Gasteiger partial charge in [-0.2, -0.15) is 0 Å². The van der Waals surface area contributed by atoms with Crippen LogP contribution in [-0.2, 0) is 0 Å². The second kappa shape index (κ2) is 7.03. The highest BCUT2D eigenvalue weighted by atomic mass is 16.5. The number of aryl methyl sites for hydroxylation is 1. The number of aromatic nitrogens is 3. The first-order valence-corrected chi connectivity index (χ1v) is 8.60. The summed E-state index contributed by atoms with van der Waals surface area (Å²) in [5.74, 6) is 1.42. The third-order valence-electron chi connectivity index (χ3n) is 4.62. The van der Waals surface area contributed by atoms with Crippen LogP contribution in [0.1, 0.15) is 5.69 Å². The zero-order chi connectivity index (χ0) is 18.8. The van der Waals surface area contributed by atoms with Gasteiger partial charge in [-0.25, -0.2) is 15.0 Å². The summed E-state index contributed by atoms with van der Waals surface area (Å²) in [5, 5.41) is 1.02. The van der Waals surface area contributed by atoms with Gasteiger partial charge in [0.1, 0.15) is 12.1 Å². The summed E-state index contributed by atoms with van der Waals surface area (Å²) in [5.41, 5.74) is 6.06. The lowest BCUT2D eigenvalue weighted by Crippen LogP contribution is -1.93. The number of ether oxygens (including phenoxy) is 2. The maximum absolute atomic E-state index is 5.28. The van der Waals surface area contributed by atoms with Crippen LogP contribution in [0, 0.1) is 6.92 Å². The molecule has 0 saturated heterocycles. The molecule has 0 unspecified atom stereocenters. The molecule has 0 bridgehead atoms. The van der Waals surface area contributed by atoms with Crippen molar-refractivity contribution in [1.82, 2.24) is 15.0 Å². The van der Waals surface area contributed by atoms with Gasteiger partial charge in [0.15, 0.2) is 0 Å². The lowest BCUT2D eigenvalue weighted by molar-refractivity contribution is 0.398. The molecule has 0 spiro atoms. The molecular weight excluding hydrogens is 338 g/mol. The second-order valence-electron chi connectivity index (χ2n) is 6.20. The summed E-state index contributed by atoms with van der Waals surface area (Å²) in [6.45, 7) is 2.00. The van der Waals surface area contributed by atoms with Crippen molar-refractivity contribution in [1.29, 1.82) is 0 Å². The molecule has 134 valence electrons. The van der Waals surface area contributed by atoms with Gasteiger partial charge in [-0.15, -0.1) is 0 Å².